The molecular formula is C91H110N4O50. The summed E-state index contributed by atoms with van der Waals surface area (Å²) in [6, 6.07) is 25.2. The van der Waals surface area contributed by atoms with E-state index < -0.39 is 367 Å². The number of hydrogen-bond donors (Lipinski definition) is 29. The van der Waals surface area contributed by atoms with E-state index in [-0.39, 0.29) is 22.1 Å². The Morgan fingerprint density at radius 3 is 1.06 bits per heavy atom. The number of carbonyl (C=O) groups is 3. The summed E-state index contributed by atoms with van der Waals surface area (Å²) in [7, 11) is 0. The molecule has 0 saturated carbocycles. The summed E-state index contributed by atoms with van der Waals surface area (Å²) in [4.78, 5) is 65.1. The third-order valence-corrected chi connectivity index (χ3v) is 28.6. The first-order valence-electron chi connectivity index (χ1n) is 46.5. The number of aliphatic hydroxyl groups excluding tert-OH is 28. The van der Waals surface area contributed by atoms with Crippen molar-refractivity contribution >= 4 is 99.0 Å². The lowest BCUT2D eigenvalue weighted by Crippen LogP contribution is -2.69. The molecule has 0 aliphatic carbocycles. The zero-order valence-electron chi connectivity index (χ0n) is 75.7. The quantitative estimate of drug-likeness (QED) is 0.0113. The second kappa shape index (κ2) is 42.7. The molecule has 2 aromatic heterocycles. The van der Waals surface area contributed by atoms with Crippen LogP contribution in [-0.4, -0.2) is 524 Å². The standard InChI is InChI=1S/C91H110N4O50/c96-15-38-52(105)61(114)68(121)84(130-38)141-74-64(117)55(108)42(19-100)135-89(74)140-73-59(112)45(22-103)133-87(78(73)145-91-76(66(119)57(110)44(21-102)137-91)143-86-70(123)63(116)54(107)40(17-98)132-86)128-23-46-60(113)72(139-88-77(67(120)58(111)41(18-99)134-88)144-90-75(65(118)56(109)43(20-101)136-90)142-85-69(122)62(115)53(106)39(16-97)131-85)71(124)83(138-46)129-24-47(104)92-25-94-80(125)33-10-6-30-28-5-9-32-50-35(12-8-29(48(28)50)31-7-11-34(81(94)126)51(33)49(30)31)82(127)95-37-14-27-4-2-1-3-26(27)13-36(37)93-79(32)95/h1-14,38-46,52-78,83-91,96-103,105-124H,15-25H2,(H,92,104). The van der Waals surface area contributed by atoms with Crippen LogP contribution in [0, 0.1) is 0 Å². The number of nitrogens with zero attached hydrogens (tertiary/aromatic N) is 3. The smallest absolute Gasteiger partial charge is 0.264 e. The molecule has 54 heteroatoms. The van der Waals surface area contributed by atoms with E-state index in [0.717, 1.165) is 10.8 Å². The second-order valence-electron chi connectivity index (χ2n) is 37.2. The van der Waals surface area contributed by atoms with E-state index in [9.17, 15) is 153 Å². The highest BCUT2D eigenvalue weighted by Gasteiger charge is 2.62. The predicted molar refractivity (Wildman–Crippen MR) is 471 cm³/mol. The molecule has 0 radical (unpaired) electrons. The molecule has 0 spiro atoms. The van der Waals surface area contributed by atoms with Crippen LogP contribution < -0.4 is 10.9 Å². The summed E-state index contributed by atoms with van der Waals surface area (Å²) in [5.74, 6) is -3.04. The fraction of sp³-hybridized carbons (Fsp3) is 0.615. The number of imide groups is 1. The van der Waals surface area contributed by atoms with E-state index in [1.165, 1.54) is 12.1 Å². The number of carbonyl (C=O) groups excluding carboxylic acids is 3. The summed E-state index contributed by atoms with van der Waals surface area (Å²) >= 11 is 0. The molecule has 9 aromatic rings. The van der Waals surface area contributed by atoms with Gasteiger partial charge >= 0.3 is 0 Å². The van der Waals surface area contributed by atoms with Gasteiger partial charge in [0.2, 0.25) is 5.91 Å². The molecule has 7 aromatic carbocycles. The van der Waals surface area contributed by atoms with Gasteiger partial charge in [0.05, 0.1) is 70.5 Å². The Hall–Kier alpha value is -7.99. The average Bonchev–Trinajstić information content (AvgIpc) is 1.68. The molecule has 9 fully saturated rings. The van der Waals surface area contributed by atoms with Crippen molar-refractivity contribution in [3.05, 3.63) is 106 Å². The normalized spacial score (nSPS) is 41.4. The molecule has 12 heterocycles. The number of pyridine rings is 1. The highest BCUT2D eigenvalue weighted by molar-refractivity contribution is 6.41. The Morgan fingerprint density at radius 1 is 0.303 bits per heavy atom. The van der Waals surface area contributed by atoms with Crippen LogP contribution in [-0.2, 0) is 90.1 Å². The van der Waals surface area contributed by atoms with E-state index in [4.69, 9.17) is 90.2 Å². The Balaban J connectivity index is 0.646. The van der Waals surface area contributed by atoms with E-state index in [2.05, 4.69) is 5.32 Å². The number of aromatic nitrogens is 2. The highest BCUT2D eigenvalue weighted by atomic mass is 16.8. The van der Waals surface area contributed by atoms with E-state index in [1.54, 1.807) is 28.7 Å². The molecule has 54 nitrogen and oxygen atoms in total. The second-order valence-corrected chi connectivity index (χ2v) is 37.2. The number of rotatable bonds is 30. The number of nitrogens with one attached hydrogen (secondary N) is 1. The molecule has 0 bridgehead atoms. The lowest BCUT2D eigenvalue weighted by molar-refractivity contribution is -0.415. The minimum Gasteiger partial charge on any atom is -0.394 e. The highest BCUT2D eigenvalue weighted by Crippen LogP contribution is 2.49. The number of imidazole rings is 1. The van der Waals surface area contributed by atoms with Gasteiger partial charge in [-0.05, 0) is 79.5 Å². The first-order chi connectivity index (χ1) is 69.5. The van der Waals surface area contributed by atoms with Crippen LogP contribution in [0.3, 0.4) is 0 Å². The minimum atomic E-state index is -2.58. The number of ether oxygens (including phenoxy) is 18. The molecule has 45 atom stereocenters. The van der Waals surface area contributed by atoms with Gasteiger partial charge in [-0.2, -0.15) is 0 Å². The molecular weight excluding hydrogens is 1950 g/mol. The molecule has 794 valence electrons. The third-order valence-electron chi connectivity index (χ3n) is 28.6. The molecule has 145 heavy (non-hydrogen) atoms. The Kier molecular flexibility index (Phi) is 31.0. The fourth-order valence-electron chi connectivity index (χ4n) is 20.7. The maximum absolute atomic E-state index is 15.0. The van der Waals surface area contributed by atoms with Crippen molar-refractivity contribution in [2.24, 2.45) is 0 Å². The average molecular weight is 2060 g/mol. The fourth-order valence-corrected chi connectivity index (χ4v) is 20.7. The lowest BCUT2D eigenvalue weighted by atomic mass is 9.84. The van der Waals surface area contributed by atoms with Crippen molar-refractivity contribution in [1.29, 1.82) is 0 Å². The summed E-state index contributed by atoms with van der Waals surface area (Å²) in [6.45, 7) is -12.9. The largest absolute Gasteiger partial charge is 0.394 e. The van der Waals surface area contributed by atoms with Crippen molar-refractivity contribution in [1.82, 2.24) is 19.6 Å². The Morgan fingerprint density at radius 2 is 0.628 bits per heavy atom. The molecule has 19 rings (SSSR count). The SMILES string of the molecule is O=C(COC1OC(COC2OC(CO)C(O)C(OC3OC(CO)C(O)C(O)C3OC3OC(CO)C(O)C(O)C3O)C2OC2OC(CO)C(O)C(O)C2OC2OC(CO)C(O)C(O)C2O)C(O)C(OC2OC(CO)C(O)C(O)C2OC2OC(CO)C(O)C(O)C2OC2OC(CO)C(O)C(O)C2O)C1O)NCN1C(=O)c2ccc3c4ccc5c(=O)n6c7cc8ccccc8cc7nc6c6ccc(c7ccc(c2c37)C1=O)c4c56. The van der Waals surface area contributed by atoms with Crippen LogP contribution in [0.15, 0.2) is 89.7 Å². The van der Waals surface area contributed by atoms with Crippen molar-refractivity contribution < 1.29 is 243 Å². The van der Waals surface area contributed by atoms with Gasteiger partial charge in [-0.3, -0.25) is 28.5 Å². The van der Waals surface area contributed by atoms with Crippen molar-refractivity contribution in [2.75, 3.05) is 72.7 Å². The van der Waals surface area contributed by atoms with Crippen LogP contribution in [0.2, 0.25) is 0 Å². The van der Waals surface area contributed by atoms with Crippen LogP contribution in [0.5, 0.6) is 0 Å². The summed E-state index contributed by atoms with van der Waals surface area (Å²) in [5, 5.41) is 324. The van der Waals surface area contributed by atoms with Gasteiger partial charge in [0, 0.05) is 32.7 Å². The monoisotopic (exact) mass is 2060 g/mol. The molecule has 9 saturated heterocycles. The van der Waals surface area contributed by atoms with Gasteiger partial charge in [0.15, 0.2) is 56.6 Å². The van der Waals surface area contributed by atoms with Crippen molar-refractivity contribution in [3.8, 4) is 0 Å². The van der Waals surface area contributed by atoms with Crippen molar-refractivity contribution in [2.45, 2.75) is 276 Å². The zero-order chi connectivity index (χ0) is 103. The number of amides is 3. The van der Waals surface area contributed by atoms with Gasteiger partial charge in [-0.15, -0.1) is 0 Å². The maximum Gasteiger partial charge on any atom is 0.264 e. The number of fused-ring (bicyclic) bond motifs is 7. The van der Waals surface area contributed by atoms with Gasteiger partial charge in [0.25, 0.3) is 17.4 Å². The maximum atomic E-state index is 15.0. The molecule has 3 amide bonds. The topological polar surface area (TPSA) is 833 Å². The van der Waals surface area contributed by atoms with E-state index in [0.29, 0.717) is 70.1 Å². The molecule has 10 aliphatic rings. The molecule has 10 aliphatic heterocycles. The molecule has 45 unspecified atom stereocenters. The number of hydrogen-bond acceptors (Lipinski definition) is 51. The third kappa shape index (κ3) is 18.6. The molecule has 29 N–H and O–H groups in total. The van der Waals surface area contributed by atoms with Gasteiger partial charge in [-0.1, -0.05) is 48.5 Å². The van der Waals surface area contributed by atoms with Gasteiger partial charge < -0.3 is 234 Å². The summed E-state index contributed by atoms with van der Waals surface area (Å²) in [5.41, 5.74) is 1.35. The lowest BCUT2D eigenvalue weighted by Gasteiger charge is -2.51. The summed E-state index contributed by atoms with van der Waals surface area (Å²) in [6.07, 6.45) is -101. The predicted octanol–water partition coefficient (Wildman–Crippen LogP) is -14.3. The van der Waals surface area contributed by atoms with E-state index >= 15 is 9.59 Å². The van der Waals surface area contributed by atoms with Crippen molar-refractivity contribution in [3.63, 3.8) is 0 Å². The first kappa shape index (κ1) is 105. The van der Waals surface area contributed by atoms with Gasteiger partial charge in [0.1, 0.15) is 239 Å². The van der Waals surface area contributed by atoms with Gasteiger partial charge in [-0.25, -0.2) is 4.98 Å². The van der Waals surface area contributed by atoms with E-state index in [1.807, 2.05) is 48.5 Å². The Bertz CT molecular complexity index is 6080. The van der Waals surface area contributed by atoms with Crippen LogP contribution in [0.25, 0.3) is 81.3 Å². The first-order valence-corrected chi connectivity index (χ1v) is 46.5. The van der Waals surface area contributed by atoms with Crippen LogP contribution >= 0.6 is 0 Å². The van der Waals surface area contributed by atoms with Crippen LogP contribution in [0.1, 0.15) is 20.7 Å². The zero-order valence-corrected chi connectivity index (χ0v) is 75.7. The minimum absolute atomic E-state index is 0.00936. The number of benzene rings is 7. The summed E-state index contributed by atoms with van der Waals surface area (Å²) < 4.78 is 110. The number of aliphatic hydroxyl groups is 28. The van der Waals surface area contributed by atoms with Crippen LogP contribution in [0.4, 0.5) is 0 Å². The Labute approximate surface area is 813 Å².